The number of hydroxylamine groups is 1. The Balaban J connectivity index is 1.91. The Labute approximate surface area is 187 Å². The molecule has 2 aromatic rings. The fraction of sp³-hybridized carbons (Fsp3) is 0.350. The first-order valence-corrected chi connectivity index (χ1v) is 11.8. The minimum absolute atomic E-state index is 0.0765. The molecule has 0 saturated carbocycles. The Morgan fingerprint density at radius 3 is 2.44 bits per heavy atom. The number of carbonyl (C=O) groups excluding carboxylic acids is 1. The molecular formula is C20H21F3N2O5S2. The number of hydrogen-bond acceptors (Lipinski definition) is 6. The molecule has 1 saturated heterocycles. The summed E-state index contributed by atoms with van der Waals surface area (Å²) >= 11 is 1.42. The van der Waals surface area contributed by atoms with Crippen LogP contribution in [0.15, 0.2) is 53.4 Å². The van der Waals surface area contributed by atoms with Crippen LogP contribution >= 0.6 is 11.8 Å². The molecule has 12 heteroatoms. The van der Waals surface area contributed by atoms with E-state index < -0.39 is 38.8 Å². The summed E-state index contributed by atoms with van der Waals surface area (Å²) in [6, 6.07) is 9.77. The van der Waals surface area contributed by atoms with Crippen molar-refractivity contribution < 1.29 is 36.3 Å². The van der Waals surface area contributed by atoms with E-state index in [4.69, 9.17) is 5.21 Å². The second-order valence-electron chi connectivity index (χ2n) is 7.55. The van der Waals surface area contributed by atoms with E-state index in [0.717, 1.165) is 10.4 Å². The molecule has 7 nitrogen and oxygen atoms in total. The Morgan fingerprint density at radius 1 is 1.19 bits per heavy atom. The number of thioether (sulfide) groups is 1. The number of benzene rings is 2. The fourth-order valence-corrected chi connectivity index (χ4v) is 6.66. The van der Waals surface area contributed by atoms with Gasteiger partial charge < -0.3 is 4.74 Å². The Kier molecular flexibility index (Phi) is 6.80. The van der Waals surface area contributed by atoms with Crippen molar-refractivity contribution in [1.82, 2.24) is 9.79 Å². The highest BCUT2D eigenvalue weighted by atomic mass is 32.2. The first-order valence-electron chi connectivity index (χ1n) is 9.41. The fourth-order valence-electron chi connectivity index (χ4n) is 3.55. The second kappa shape index (κ2) is 8.93. The monoisotopic (exact) mass is 490 g/mol. The average molecular weight is 491 g/mol. The predicted octanol–water partition coefficient (Wildman–Crippen LogP) is 3.64. The van der Waals surface area contributed by atoms with Gasteiger partial charge >= 0.3 is 6.36 Å². The number of nitrogens with zero attached hydrogens (tertiary/aromatic N) is 1. The summed E-state index contributed by atoms with van der Waals surface area (Å²) in [5.41, 5.74) is 2.43. The van der Waals surface area contributed by atoms with E-state index in [-0.39, 0.29) is 11.4 Å². The van der Waals surface area contributed by atoms with Crippen molar-refractivity contribution in [1.29, 1.82) is 0 Å². The number of rotatable bonds is 5. The molecule has 3 rings (SSSR count). The largest absolute Gasteiger partial charge is 0.573 e. The topological polar surface area (TPSA) is 95.9 Å². The van der Waals surface area contributed by atoms with Gasteiger partial charge in [-0.3, -0.25) is 10.0 Å². The van der Waals surface area contributed by atoms with Gasteiger partial charge in [0.2, 0.25) is 10.0 Å². The van der Waals surface area contributed by atoms with E-state index in [1.807, 2.05) is 0 Å². The van der Waals surface area contributed by atoms with Crippen LogP contribution in [-0.4, -0.2) is 53.3 Å². The van der Waals surface area contributed by atoms with Crippen LogP contribution in [0.5, 0.6) is 5.75 Å². The van der Waals surface area contributed by atoms with Crippen LogP contribution < -0.4 is 10.2 Å². The molecule has 0 aromatic heterocycles. The summed E-state index contributed by atoms with van der Waals surface area (Å²) in [7, 11) is -4.09. The molecule has 32 heavy (non-hydrogen) atoms. The van der Waals surface area contributed by atoms with Gasteiger partial charge in [0, 0.05) is 17.0 Å². The van der Waals surface area contributed by atoms with Crippen molar-refractivity contribution in [2.45, 2.75) is 35.9 Å². The standard InChI is InChI=1S/C20H21F3N2O5S2/c1-19(2)17(18(26)24-27)25(10-11-31-19)32(28,29)16-8-6-13(7-9-16)14-4-3-5-15(12-14)30-20(21,22)23/h3-9,12,17,27H,10-11H2,1-2H3,(H,24,26)/t17-/m0/s1. The zero-order chi connectivity index (χ0) is 23.7. The Bertz CT molecular complexity index is 1090. The summed E-state index contributed by atoms with van der Waals surface area (Å²) < 4.78 is 68.1. The maximum absolute atomic E-state index is 13.3. The van der Waals surface area contributed by atoms with E-state index >= 15 is 0 Å². The van der Waals surface area contributed by atoms with Crippen LogP contribution in [0.2, 0.25) is 0 Å². The molecule has 1 amide bonds. The maximum Gasteiger partial charge on any atom is 0.573 e. The smallest absolute Gasteiger partial charge is 0.406 e. The summed E-state index contributed by atoms with van der Waals surface area (Å²) in [6.07, 6.45) is -4.82. The van der Waals surface area contributed by atoms with Crippen LogP contribution in [0.25, 0.3) is 11.1 Å². The number of carbonyl (C=O) groups is 1. The average Bonchev–Trinajstić information content (AvgIpc) is 2.71. The molecule has 1 atom stereocenters. The normalized spacial score (nSPS) is 19.4. The third kappa shape index (κ3) is 5.20. The van der Waals surface area contributed by atoms with Gasteiger partial charge in [-0.25, -0.2) is 13.9 Å². The van der Waals surface area contributed by atoms with Crippen molar-refractivity contribution in [3.63, 3.8) is 0 Å². The van der Waals surface area contributed by atoms with Crippen molar-refractivity contribution in [2.75, 3.05) is 12.3 Å². The lowest BCUT2D eigenvalue weighted by Gasteiger charge is -2.43. The van der Waals surface area contributed by atoms with E-state index in [1.165, 1.54) is 48.2 Å². The van der Waals surface area contributed by atoms with Gasteiger partial charge in [-0.2, -0.15) is 16.1 Å². The van der Waals surface area contributed by atoms with Gasteiger partial charge in [0.25, 0.3) is 5.91 Å². The number of hydrogen-bond donors (Lipinski definition) is 2. The van der Waals surface area contributed by atoms with Gasteiger partial charge in [0.15, 0.2) is 0 Å². The van der Waals surface area contributed by atoms with Crippen molar-refractivity contribution in [3.8, 4) is 16.9 Å². The lowest BCUT2D eigenvalue weighted by Crippen LogP contribution is -2.61. The van der Waals surface area contributed by atoms with Gasteiger partial charge in [-0.05, 0) is 49.2 Å². The molecule has 0 spiro atoms. The highest BCUT2D eigenvalue weighted by molar-refractivity contribution is 8.00. The van der Waals surface area contributed by atoms with E-state index in [2.05, 4.69) is 4.74 Å². The third-order valence-corrected chi connectivity index (χ3v) is 8.19. The molecule has 1 aliphatic heterocycles. The maximum atomic E-state index is 13.3. The summed E-state index contributed by atoms with van der Waals surface area (Å²) in [6.45, 7) is 3.52. The number of sulfonamides is 1. The zero-order valence-corrected chi connectivity index (χ0v) is 18.7. The number of ether oxygens (including phenoxy) is 1. The first-order chi connectivity index (χ1) is 14.8. The Morgan fingerprint density at radius 2 is 1.84 bits per heavy atom. The molecule has 0 aliphatic carbocycles. The highest BCUT2D eigenvalue weighted by Gasteiger charge is 2.48. The third-order valence-electron chi connectivity index (χ3n) is 4.95. The zero-order valence-electron chi connectivity index (χ0n) is 17.1. The quantitative estimate of drug-likeness (QED) is 0.491. The number of amides is 1. The predicted molar refractivity (Wildman–Crippen MR) is 113 cm³/mol. The van der Waals surface area contributed by atoms with Gasteiger partial charge in [0.1, 0.15) is 11.8 Å². The van der Waals surface area contributed by atoms with Crippen LogP contribution in [0.4, 0.5) is 13.2 Å². The van der Waals surface area contributed by atoms with Crippen LogP contribution in [0, 0.1) is 0 Å². The molecule has 1 aliphatic rings. The molecule has 1 fully saturated rings. The van der Waals surface area contributed by atoms with E-state index in [1.54, 1.807) is 25.4 Å². The minimum Gasteiger partial charge on any atom is -0.406 e. The van der Waals surface area contributed by atoms with E-state index in [0.29, 0.717) is 16.9 Å². The van der Waals surface area contributed by atoms with Crippen LogP contribution in [0.3, 0.4) is 0 Å². The molecule has 0 radical (unpaired) electrons. The van der Waals surface area contributed by atoms with E-state index in [9.17, 15) is 26.4 Å². The first kappa shape index (κ1) is 24.4. The SMILES string of the molecule is CC1(C)SCCN(S(=O)(=O)c2ccc(-c3cccc(OC(F)(F)F)c3)cc2)[C@H]1C(=O)NO. The lowest BCUT2D eigenvalue weighted by molar-refractivity contribution is -0.274. The Hall–Kier alpha value is -2.28. The van der Waals surface area contributed by atoms with Crippen molar-refractivity contribution >= 4 is 27.7 Å². The van der Waals surface area contributed by atoms with Crippen molar-refractivity contribution in [3.05, 3.63) is 48.5 Å². The molecule has 0 bridgehead atoms. The summed E-state index contributed by atoms with van der Waals surface area (Å²) in [5.74, 6) is -0.757. The van der Waals surface area contributed by atoms with Gasteiger partial charge in [-0.15, -0.1) is 13.2 Å². The van der Waals surface area contributed by atoms with Gasteiger partial charge in [0.05, 0.1) is 4.90 Å². The molecular weight excluding hydrogens is 469 g/mol. The summed E-state index contributed by atoms with van der Waals surface area (Å²) in [5, 5.41) is 9.12. The molecule has 2 aromatic carbocycles. The minimum atomic E-state index is -4.82. The second-order valence-corrected chi connectivity index (χ2v) is 11.2. The number of nitrogens with one attached hydrogen (secondary N) is 1. The molecule has 1 heterocycles. The van der Waals surface area contributed by atoms with Crippen LogP contribution in [0.1, 0.15) is 13.8 Å². The molecule has 2 N–H and O–H groups in total. The highest BCUT2D eigenvalue weighted by Crippen LogP contribution is 2.38. The number of alkyl halides is 3. The summed E-state index contributed by atoms with van der Waals surface area (Å²) in [4.78, 5) is 12.2. The molecule has 174 valence electrons. The van der Waals surface area contributed by atoms with Crippen molar-refractivity contribution in [2.24, 2.45) is 0 Å². The number of halogens is 3. The van der Waals surface area contributed by atoms with Crippen LogP contribution in [-0.2, 0) is 14.8 Å². The molecule has 0 unspecified atom stereocenters. The van der Waals surface area contributed by atoms with Gasteiger partial charge in [-0.1, -0.05) is 24.3 Å². The lowest BCUT2D eigenvalue weighted by atomic mass is 10.0.